The van der Waals surface area contributed by atoms with E-state index in [0.717, 1.165) is 18.9 Å². The maximum atomic E-state index is 14.0. The SMILES string of the molecule is CCC(C)CC(C)n1c(=S)[nH]c2ccc(F)c(F)c21. The summed E-state index contributed by atoms with van der Waals surface area (Å²) in [4.78, 5) is 2.94. The van der Waals surface area contributed by atoms with Gasteiger partial charge >= 0.3 is 0 Å². The van der Waals surface area contributed by atoms with Crippen LogP contribution in [0.4, 0.5) is 8.78 Å². The monoisotopic (exact) mass is 284 g/mol. The van der Waals surface area contributed by atoms with E-state index in [1.807, 2.05) is 6.92 Å². The number of rotatable bonds is 4. The number of aromatic nitrogens is 2. The number of H-pyrrole nitrogens is 1. The number of imidazole rings is 1. The lowest BCUT2D eigenvalue weighted by Crippen LogP contribution is -2.10. The molecule has 0 bridgehead atoms. The first-order valence-electron chi connectivity index (χ1n) is 6.53. The number of fused-ring (bicyclic) bond motifs is 1. The first-order valence-corrected chi connectivity index (χ1v) is 6.94. The van der Waals surface area contributed by atoms with E-state index in [0.29, 0.717) is 16.2 Å². The molecule has 0 saturated carbocycles. The zero-order chi connectivity index (χ0) is 14.2. The van der Waals surface area contributed by atoms with Crippen LogP contribution in [0.15, 0.2) is 12.1 Å². The number of hydrogen-bond donors (Lipinski definition) is 1. The number of hydrogen-bond acceptors (Lipinski definition) is 1. The van der Waals surface area contributed by atoms with Gasteiger partial charge < -0.3 is 9.55 Å². The van der Waals surface area contributed by atoms with Crippen LogP contribution in [-0.2, 0) is 0 Å². The molecule has 2 nitrogen and oxygen atoms in total. The third-order valence-electron chi connectivity index (χ3n) is 3.65. The molecule has 0 spiro atoms. The Hall–Kier alpha value is -1.23. The van der Waals surface area contributed by atoms with E-state index in [-0.39, 0.29) is 11.6 Å². The van der Waals surface area contributed by atoms with Crippen molar-refractivity contribution >= 4 is 23.3 Å². The van der Waals surface area contributed by atoms with Gasteiger partial charge in [-0.15, -0.1) is 0 Å². The Morgan fingerprint density at radius 1 is 1.32 bits per heavy atom. The Balaban J connectivity index is 2.56. The molecule has 0 saturated heterocycles. The van der Waals surface area contributed by atoms with Crippen molar-refractivity contribution in [3.63, 3.8) is 0 Å². The number of halogens is 2. The van der Waals surface area contributed by atoms with Gasteiger partial charge in [-0.2, -0.15) is 0 Å². The summed E-state index contributed by atoms with van der Waals surface area (Å²) in [5.74, 6) is -1.16. The molecule has 1 aromatic carbocycles. The zero-order valence-electron chi connectivity index (χ0n) is 11.3. The van der Waals surface area contributed by atoms with Gasteiger partial charge in [0.15, 0.2) is 16.4 Å². The minimum absolute atomic E-state index is 0.0347. The summed E-state index contributed by atoms with van der Waals surface area (Å²) in [6.07, 6.45) is 1.94. The normalized spacial score (nSPS) is 14.8. The highest BCUT2D eigenvalue weighted by Crippen LogP contribution is 2.27. The summed E-state index contributed by atoms with van der Waals surface area (Å²) in [6.45, 7) is 6.25. The van der Waals surface area contributed by atoms with Gasteiger partial charge in [0, 0.05) is 6.04 Å². The van der Waals surface area contributed by atoms with E-state index in [2.05, 4.69) is 18.8 Å². The Labute approximate surface area is 116 Å². The minimum Gasteiger partial charge on any atom is -0.330 e. The summed E-state index contributed by atoms with van der Waals surface area (Å²) in [6, 6.07) is 2.68. The van der Waals surface area contributed by atoms with Crippen molar-refractivity contribution in [3.05, 3.63) is 28.5 Å². The predicted molar refractivity (Wildman–Crippen MR) is 75.8 cm³/mol. The van der Waals surface area contributed by atoms with E-state index in [1.54, 1.807) is 4.57 Å². The van der Waals surface area contributed by atoms with Crippen LogP contribution in [0.1, 0.15) is 39.7 Å². The molecule has 0 fully saturated rings. The first kappa shape index (κ1) is 14.2. The molecular formula is C14H18F2N2S. The molecule has 2 aromatic rings. The van der Waals surface area contributed by atoms with Crippen LogP contribution < -0.4 is 0 Å². The van der Waals surface area contributed by atoms with E-state index in [1.165, 1.54) is 6.07 Å². The van der Waals surface area contributed by atoms with Gasteiger partial charge in [-0.05, 0) is 43.6 Å². The van der Waals surface area contributed by atoms with Crippen LogP contribution in [0.2, 0.25) is 0 Å². The van der Waals surface area contributed by atoms with Crippen molar-refractivity contribution in [1.29, 1.82) is 0 Å². The molecule has 2 rings (SSSR count). The molecule has 19 heavy (non-hydrogen) atoms. The maximum Gasteiger partial charge on any atom is 0.184 e. The standard InChI is InChI=1S/C14H18F2N2S/c1-4-8(2)7-9(3)18-13-11(17-14(18)19)6-5-10(15)12(13)16/h5-6,8-9H,4,7H2,1-3H3,(H,17,19). The summed E-state index contributed by atoms with van der Waals surface area (Å²) < 4.78 is 29.5. The molecule has 2 atom stereocenters. The van der Waals surface area contributed by atoms with Crippen LogP contribution in [0, 0.1) is 22.3 Å². The highest BCUT2D eigenvalue weighted by atomic mass is 32.1. The van der Waals surface area contributed by atoms with Crippen molar-refractivity contribution in [2.24, 2.45) is 5.92 Å². The quantitative estimate of drug-likeness (QED) is 0.786. The van der Waals surface area contributed by atoms with Crippen LogP contribution in [0.5, 0.6) is 0 Å². The third kappa shape index (κ3) is 2.56. The summed E-state index contributed by atoms with van der Waals surface area (Å²) in [5.41, 5.74) is 0.778. The fourth-order valence-corrected chi connectivity index (χ4v) is 2.81. The van der Waals surface area contributed by atoms with Crippen LogP contribution in [0.25, 0.3) is 11.0 Å². The molecule has 0 aliphatic rings. The lowest BCUT2D eigenvalue weighted by Gasteiger charge is -2.18. The van der Waals surface area contributed by atoms with Crippen molar-refractivity contribution in [2.45, 2.75) is 39.7 Å². The third-order valence-corrected chi connectivity index (χ3v) is 3.95. The van der Waals surface area contributed by atoms with Crippen LogP contribution in [-0.4, -0.2) is 9.55 Å². The minimum atomic E-state index is -0.842. The van der Waals surface area contributed by atoms with Gasteiger partial charge in [-0.3, -0.25) is 0 Å². The van der Waals surface area contributed by atoms with Crippen molar-refractivity contribution in [2.75, 3.05) is 0 Å². The molecule has 0 aliphatic carbocycles. The maximum absolute atomic E-state index is 14.0. The molecule has 1 heterocycles. The molecule has 1 N–H and O–H groups in total. The average Bonchev–Trinajstić information content (AvgIpc) is 2.71. The smallest absolute Gasteiger partial charge is 0.184 e. The van der Waals surface area contributed by atoms with E-state index < -0.39 is 11.6 Å². The van der Waals surface area contributed by atoms with E-state index >= 15 is 0 Å². The van der Waals surface area contributed by atoms with E-state index in [4.69, 9.17) is 12.2 Å². The predicted octanol–water partition coefficient (Wildman–Crippen LogP) is 4.97. The molecule has 0 amide bonds. The second kappa shape index (κ2) is 5.41. The van der Waals surface area contributed by atoms with Gasteiger partial charge in [-0.1, -0.05) is 20.3 Å². The number of benzene rings is 1. The number of nitrogens with one attached hydrogen (secondary N) is 1. The largest absolute Gasteiger partial charge is 0.330 e. The second-order valence-corrected chi connectivity index (χ2v) is 5.54. The Morgan fingerprint density at radius 3 is 2.63 bits per heavy atom. The van der Waals surface area contributed by atoms with Gasteiger partial charge in [0.25, 0.3) is 0 Å². The number of nitrogens with zero attached hydrogens (tertiary/aromatic N) is 1. The summed E-state index contributed by atoms with van der Waals surface area (Å²) in [5, 5.41) is 0. The second-order valence-electron chi connectivity index (χ2n) is 5.16. The lowest BCUT2D eigenvalue weighted by atomic mass is 10.0. The fourth-order valence-electron chi connectivity index (χ4n) is 2.43. The molecule has 5 heteroatoms. The molecule has 0 radical (unpaired) electrons. The Kier molecular flexibility index (Phi) is 4.04. The summed E-state index contributed by atoms with van der Waals surface area (Å²) >= 11 is 5.24. The number of aromatic amines is 1. The average molecular weight is 284 g/mol. The lowest BCUT2D eigenvalue weighted by molar-refractivity contribution is 0.398. The van der Waals surface area contributed by atoms with Crippen LogP contribution >= 0.6 is 12.2 Å². The topological polar surface area (TPSA) is 20.7 Å². The van der Waals surface area contributed by atoms with E-state index in [9.17, 15) is 8.78 Å². The van der Waals surface area contributed by atoms with Crippen molar-refractivity contribution < 1.29 is 8.78 Å². The fraction of sp³-hybridized carbons (Fsp3) is 0.500. The van der Waals surface area contributed by atoms with Crippen molar-refractivity contribution in [3.8, 4) is 0 Å². The first-order chi connectivity index (χ1) is 8.95. The van der Waals surface area contributed by atoms with Crippen LogP contribution in [0.3, 0.4) is 0 Å². The Morgan fingerprint density at radius 2 is 2.00 bits per heavy atom. The van der Waals surface area contributed by atoms with Gasteiger partial charge in [0.05, 0.1) is 5.52 Å². The molecular weight excluding hydrogens is 266 g/mol. The summed E-state index contributed by atoms with van der Waals surface area (Å²) in [7, 11) is 0. The zero-order valence-corrected chi connectivity index (χ0v) is 12.2. The Bertz CT molecular complexity index is 645. The van der Waals surface area contributed by atoms with Gasteiger partial charge in [0.1, 0.15) is 5.52 Å². The van der Waals surface area contributed by atoms with Gasteiger partial charge in [-0.25, -0.2) is 8.78 Å². The molecule has 1 aromatic heterocycles. The molecule has 2 unspecified atom stereocenters. The molecule has 0 aliphatic heterocycles. The van der Waals surface area contributed by atoms with Gasteiger partial charge in [0.2, 0.25) is 0 Å². The highest BCUT2D eigenvalue weighted by molar-refractivity contribution is 7.71. The molecule has 104 valence electrons. The highest BCUT2D eigenvalue weighted by Gasteiger charge is 2.18. The van der Waals surface area contributed by atoms with Crippen molar-refractivity contribution in [1.82, 2.24) is 9.55 Å².